The molecule has 0 spiro atoms. The first kappa shape index (κ1) is 21.2. The number of nitrogens with zero attached hydrogens (tertiary/aromatic N) is 6. The van der Waals surface area contributed by atoms with E-state index in [2.05, 4.69) is 45.9 Å². The number of imidazole rings is 1. The Bertz CT molecular complexity index is 1290. The van der Waals surface area contributed by atoms with Gasteiger partial charge in [0, 0.05) is 49.7 Å². The van der Waals surface area contributed by atoms with Crippen molar-refractivity contribution in [1.82, 2.24) is 29.6 Å². The number of aromatic nitrogens is 5. The van der Waals surface area contributed by atoms with E-state index in [-0.39, 0.29) is 5.91 Å². The molecule has 0 radical (unpaired) electrons. The van der Waals surface area contributed by atoms with Crippen LogP contribution >= 0.6 is 0 Å². The van der Waals surface area contributed by atoms with Crippen LogP contribution in [-0.2, 0) is 13.1 Å². The largest absolute Gasteiger partial charge is 0.355 e. The molecule has 0 saturated carbocycles. The molecule has 1 fully saturated rings. The first-order valence-corrected chi connectivity index (χ1v) is 11.5. The second-order valence-electron chi connectivity index (χ2n) is 8.56. The Labute approximate surface area is 193 Å². The van der Waals surface area contributed by atoms with Gasteiger partial charge in [-0.05, 0) is 63.1 Å². The Balaban J connectivity index is 1.57. The minimum atomic E-state index is -0.125. The van der Waals surface area contributed by atoms with Gasteiger partial charge in [-0.25, -0.2) is 9.97 Å². The van der Waals surface area contributed by atoms with Crippen LogP contribution in [0.3, 0.4) is 0 Å². The number of carbonyl (C=O) groups is 1. The van der Waals surface area contributed by atoms with Gasteiger partial charge >= 0.3 is 0 Å². The average Bonchev–Trinajstić information content (AvgIpc) is 3.57. The zero-order valence-electron chi connectivity index (χ0n) is 19.3. The molecule has 3 aromatic heterocycles. The molecule has 4 heterocycles. The molecule has 5 rings (SSSR count). The summed E-state index contributed by atoms with van der Waals surface area (Å²) in [4.78, 5) is 24.2. The van der Waals surface area contributed by atoms with Crippen molar-refractivity contribution < 1.29 is 4.79 Å². The number of rotatable bonds is 6. The van der Waals surface area contributed by atoms with Crippen molar-refractivity contribution in [2.75, 3.05) is 18.5 Å². The molecule has 1 N–H and O–H groups in total. The smallest absolute Gasteiger partial charge is 0.251 e. The van der Waals surface area contributed by atoms with E-state index in [1.807, 2.05) is 41.3 Å². The number of pyridine rings is 1. The third-order valence-electron chi connectivity index (χ3n) is 6.43. The number of aryl methyl sites for hydroxylation is 1. The fourth-order valence-corrected chi connectivity index (χ4v) is 4.58. The van der Waals surface area contributed by atoms with Crippen LogP contribution in [0.15, 0.2) is 48.8 Å². The van der Waals surface area contributed by atoms with Crippen LogP contribution in [0.4, 0.5) is 5.82 Å². The monoisotopic (exact) mass is 443 g/mol. The minimum Gasteiger partial charge on any atom is -0.355 e. The highest BCUT2D eigenvalue weighted by Gasteiger charge is 2.22. The van der Waals surface area contributed by atoms with Crippen molar-refractivity contribution in [3.05, 3.63) is 60.0 Å². The van der Waals surface area contributed by atoms with Crippen LogP contribution in [0.1, 0.15) is 42.7 Å². The van der Waals surface area contributed by atoms with E-state index in [0.29, 0.717) is 18.2 Å². The molecule has 1 aliphatic rings. The van der Waals surface area contributed by atoms with E-state index < -0.39 is 0 Å². The van der Waals surface area contributed by atoms with E-state index in [1.54, 1.807) is 7.05 Å². The molecule has 1 aliphatic heterocycles. The van der Waals surface area contributed by atoms with Crippen molar-refractivity contribution in [1.29, 1.82) is 0 Å². The summed E-state index contributed by atoms with van der Waals surface area (Å²) in [6, 6.07) is 12.4. The summed E-state index contributed by atoms with van der Waals surface area (Å²) in [5, 5.41) is 7.34. The molecule has 33 heavy (non-hydrogen) atoms. The Morgan fingerprint density at radius 2 is 2.09 bits per heavy atom. The summed E-state index contributed by atoms with van der Waals surface area (Å²) in [7, 11) is 1.63. The van der Waals surface area contributed by atoms with Crippen LogP contribution < -0.4 is 10.2 Å². The molecule has 1 amide bonds. The topological polar surface area (TPSA) is 80.9 Å². The van der Waals surface area contributed by atoms with E-state index in [1.165, 1.54) is 12.8 Å². The molecule has 8 heteroatoms. The predicted octanol–water partition coefficient (Wildman–Crippen LogP) is 3.71. The molecule has 0 aliphatic carbocycles. The lowest BCUT2D eigenvalue weighted by Gasteiger charge is -2.22. The highest BCUT2D eigenvalue weighted by molar-refractivity contribution is 5.97. The molecular weight excluding hydrogens is 414 g/mol. The summed E-state index contributed by atoms with van der Waals surface area (Å²) < 4.78 is 4.08. The van der Waals surface area contributed by atoms with Gasteiger partial charge in [0.15, 0.2) is 0 Å². The Kier molecular flexibility index (Phi) is 5.58. The van der Waals surface area contributed by atoms with Crippen molar-refractivity contribution in [2.24, 2.45) is 0 Å². The van der Waals surface area contributed by atoms with Crippen LogP contribution in [0.25, 0.3) is 22.4 Å². The summed E-state index contributed by atoms with van der Waals surface area (Å²) in [6.45, 7) is 6.79. The molecule has 170 valence electrons. The van der Waals surface area contributed by atoms with Gasteiger partial charge in [-0.15, -0.1) is 0 Å². The van der Waals surface area contributed by atoms with Gasteiger partial charge in [-0.1, -0.05) is 0 Å². The Hall–Kier alpha value is -3.68. The van der Waals surface area contributed by atoms with Crippen molar-refractivity contribution >= 4 is 22.8 Å². The van der Waals surface area contributed by atoms with Gasteiger partial charge in [0.25, 0.3) is 5.91 Å². The zero-order chi connectivity index (χ0) is 22.9. The van der Waals surface area contributed by atoms with E-state index in [4.69, 9.17) is 9.97 Å². The fourth-order valence-electron chi connectivity index (χ4n) is 4.58. The van der Waals surface area contributed by atoms with Crippen LogP contribution in [0, 0.1) is 0 Å². The number of nitrogens with one attached hydrogen (secondary N) is 1. The maximum atomic E-state index is 12.2. The average molecular weight is 444 g/mol. The normalized spacial score (nSPS) is 16.0. The third-order valence-corrected chi connectivity index (χ3v) is 6.43. The summed E-state index contributed by atoms with van der Waals surface area (Å²) in [5.74, 6) is 1.70. The highest BCUT2D eigenvalue weighted by atomic mass is 16.1. The third kappa shape index (κ3) is 3.97. The van der Waals surface area contributed by atoms with E-state index in [9.17, 15) is 4.79 Å². The van der Waals surface area contributed by atoms with Gasteiger partial charge in [-0.3, -0.25) is 9.48 Å². The number of carbonyl (C=O) groups excluding carboxylic acids is 1. The Morgan fingerprint density at radius 3 is 2.76 bits per heavy atom. The Morgan fingerprint density at radius 1 is 1.21 bits per heavy atom. The number of anilines is 1. The summed E-state index contributed by atoms with van der Waals surface area (Å²) >= 11 is 0. The number of hydrogen-bond donors (Lipinski definition) is 1. The lowest BCUT2D eigenvalue weighted by atomic mass is 10.2. The standard InChI is InChI=1S/C25H29N7O/c1-4-30-13-11-20(29-30)16-32-22-9-7-18(25(33)26-3)14-21(22)28-24(32)19-8-10-23(27-15-19)31-12-5-6-17(31)2/h7-11,13-15,17H,4-6,12,16H2,1-3H3,(H,26,33)/t17-/m0/s1. The van der Waals surface area contributed by atoms with Crippen molar-refractivity contribution in [3.63, 3.8) is 0 Å². The van der Waals surface area contributed by atoms with Gasteiger partial charge in [0.1, 0.15) is 11.6 Å². The van der Waals surface area contributed by atoms with Crippen LogP contribution in [0.5, 0.6) is 0 Å². The maximum Gasteiger partial charge on any atom is 0.251 e. The lowest BCUT2D eigenvalue weighted by molar-refractivity contribution is 0.0963. The molecular formula is C25H29N7O. The second-order valence-corrected chi connectivity index (χ2v) is 8.56. The quantitative estimate of drug-likeness (QED) is 0.491. The van der Waals surface area contributed by atoms with E-state index in [0.717, 1.165) is 47.0 Å². The number of fused-ring (bicyclic) bond motifs is 1. The summed E-state index contributed by atoms with van der Waals surface area (Å²) in [6.07, 6.45) is 6.31. The molecule has 0 unspecified atom stereocenters. The van der Waals surface area contributed by atoms with Crippen molar-refractivity contribution in [3.8, 4) is 11.4 Å². The number of hydrogen-bond acceptors (Lipinski definition) is 5. The van der Waals surface area contributed by atoms with Gasteiger partial charge in [0.2, 0.25) is 0 Å². The number of amides is 1. The SMILES string of the molecule is CCn1ccc(Cn2c(-c3ccc(N4CCC[C@@H]4C)nc3)nc3cc(C(=O)NC)ccc32)n1. The van der Waals surface area contributed by atoms with Crippen molar-refractivity contribution in [2.45, 2.75) is 45.8 Å². The van der Waals surface area contributed by atoms with Gasteiger partial charge in [-0.2, -0.15) is 5.10 Å². The molecule has 1 saturated heterocycles. The first-order chi connectivity index (χ1) is 16.1. The highest BCUT2D eigenvalue weighted by Crippen LogP contribution is 2.29. The fraction of sp³-hybridized carbons (Fsp3) is 0.360. The first-order valence-electron chi connectivity index (χ1n) is 11.5. The molecule has 1 aromatic carbocycles. The number of benzene rings is 1. The maximum absolute atomic E-state index is 12.2. The summed E-state index contributed by atoms with van der Waals surface area (Å²) in [5.41, 5.74) is 4.23. The lowest BCUT2D eigenvalue weighted by Crippen LogP contribution is -2.26. The van der Waals surface area contributed by atoms with Gasteiger partial charge in [0.05, 0.1) is 23.3 Å². The van der Waals surface area contributed by atoms with Gasteiger partial charge < -0.3 is 14.8 Å². The zero-order valence-corrected chi connectivity index (χ0v) is 19.3. The molecule has 8 nitrogen and oxygen atoms in total. The molecule has 4 aromatic rings. The van der Waals surface area contributed by atoms with Crippen LogP contribution in [0.2, 0.25) is 0 Å². The molecule has 1 atom stereocenters. The second kappa shape index (κ2) is 8.69. The minimum absolute atomic E-state index is 0.125. The predicted molar refractivity (Wildman–Crippen MR) is 129 cm³/mol. The van der Waals surface area contributed by atoms with E-state index >= 15 is 0 Å². The van der Waals surface area contributed by atoms with Crippen LogP contribution in [-0.4, -0.2) is 49.9 Å². The molecule has 0 bridgehead atoms.